The predicted molar refractivity (Wildman–Crippen MR) is 91.9 cm³/mol. The summed E-state index contributed by atoms with van der Waals surface area (Å²) in [6.07, 6.45) is 7.26. The zero-order chi connectivity index (χ0) is 17.5. The topological polar surface area (TPSA) is 62.2 Å². The lowest BCUT2D eigenvalue weighted by Crippen LogP contribution is -2.48. The van der Waals surface area contributed by atoms with E-state index in [0.29, 0.717) is 19.0 Å². The number of fused-ring (bicyclic) bond motifs is 1. The molecule has 1 atom stereocenters. The van der Waals surface area contributed by atoms with Crippen molar-refractivity contribution in [3.8, 4) is 0 Å². The average molecular weight is 331 g/mol. The molecule has 1 aliphatic carbocycles. The molecule has 2 heterocycles. The molecule has 1 fully saturated rings. The van der Waals surface area contributed by atoms with Crippen LogP contribution in [-0.2, 0) is 4.74 Å². The second kappa shape index (κ2) is 6.07. The Balaban J connectivity index is 1.63. The number of amides is 3. The molecule has 6 heteroatoms. The Bertz CT molecular complexity index is 634. The highest BCUT2D eigenvalue weighted by Crippen LogP contribution is 2.30. The number of carbonyl (C=O) groups is 2. The van der Waals surface area contributed by atoms with Crippen LogP contribution >= 0.6 is 0 Å². The maximum absolute atomic E-state index is 12.3. The van der Waals surface area contributed by atoms with E-state index in [4.69, 9.17) is 4.74 Å². The maximum atomic E-state index is 12.3. The van der Waals surface area contributed by atoms with E-state index in [1.807, 2.05) is 37.8 Å². The Morgan fingerprint density at radius 2 is 1.96 bits per heavy atom. The van der Waals surface area contributed by atoms with Gasteiger partial charge in [0.15, 0.2) is 0 Å². The van der Waals surface area contributed by atoms with Crippen molar-refractivity contribution in [3.05, 3.63) is 23.9 Å². The molecule has 0 aromatic heterocycles. The number of allylic oxidation sites excluding steroid dienone is 3. The van der Waals surface area contributed by atoms with Gasteiger partial charge < -0.3 is 9.64 Å². The van der Waals surface area contributed by atoms with E-state index in [9.17, 15) is 9.59 Å². The SMILES string of the molecule is CC1C=CC2=NC(=O)N(C3CCN(C(=O)OC(C)(C)C)CC3)C2=C1. The van der Waals surface area contributed by atoms with Gasteiger partial charge in [0.25, 0.3) is 0 Å². The van der Waals surface area contributed by atoms with Crippen molar-refractivity contribution in [1.29, 1.82) is 0 Å². The minimum Gasteiger partial charge on any atom is -0.444 e. The number of aliphatic imine (C=N–C) groups is 1. The summed E-state index contributed by atoms with van der Waals surface area (Å²) in [5.41, 5.74) is 1.19. The van der Waals surface area contributed by atoms with E-state index in [-0.39, 0.29) is 18.2 Å². The summed E-state index contributed by atoms with van der Waals surface area (Å²) in [6.45, 7) is 8.87. The van der Waals surface area contributed by atoms with Crippen molar-refractivity contribution in [1.82, 2.24) is 9.80 Å². The number of hydrogen-bond acceptors (Lipinski definition) is 3. The number of ether oxygens (including phenoxy) is 1. The van der Waals surface area contributed by atoms with Gasteiger partial charge in [-0.25, -0.2) is 9.59 Å². The molecule has 0 spiro atoms. The molecule has 3 amide bonds. The van der Waals surface area contributed by atoms with Crippen LogP contribution in [-0.4, -0.2) is 52.4 Å². The summed E-state index contributed by atoms with van der Waals surface area (Å²) in [5.74, 6) is 0.300. The highest BCUT2D eigenvalue weighted by Gasteiger charge is 2.38. The predicted octanol–water partition coefficient (Wildman–Crippen LogP) is 3.35. The van der Waals surface area contributed by atoms with Crippen LogP contribution in [0.2, 0.25) is 0 Å². The Labute approximate surface area is 142 Å². The van der Waals surface area contributed by atoms with Crippen molar-refractivity contribution in [2.24, 2.45) is 10.9 Å². The fourth-order valence-electron chi connectivity index (χ4n) is 3.26. The largest absolute Gasteiger partial charge is 0.444 e. The van der Waals surface area contributed by atoms with E-state index in [2.05, 4.69) is 18.0 Å². The Hall–Kier alpha value is -2.11. The summed E-state index contributed by atoms with van der Waals surface area (Å²) in [4.78, 5) is 32.1. The van der Waals surface area contributed by atoms with E-state index in [1.54, 1.807) is 4.90 Å². The lowest BCUT2D eigenvalue weighted by atomic mass is 9.98. The lowest BCUT2D eigenvalue weighted by molar-refractivity contribution is 0.0178. The van der Waals surface area contributed by atoms with Crippen LogP contribution in [0.4, 0.5) is 9.59 Å². The molecule has 1 unspecified atom stereocenters. The highest BCUT2D eigenvalue weighted by atomic mass is 16.6. The summed E-state index contributed by atoms with van der Waals surface area (Å²) in [7, 11) is 0. The first kappa shape index (κ1) is 16.7. The molecule has 6 nitrogen and oxygen atoms in total. The first-order valence-electron chi connectivity index (χ1n) is 8.55. The standard InChI is InChI=1S/C18H25N3O3/c1-12-5-6-14-15(11-12)21(16(22)19-14)13-7-9-20(10-8-13)17(23)24-18(2,3)4/h5-6,11-13H,7-10H2,1-4H3. The van der Waals surface area contributed by atoms with Gasteiger partial charge in [-0.15, -0.1) is 0 Å². The van der Waals surface area contributed by atoms with Crippen molar-refractivity contribution in [3.63, 3.8) is 0 Å². The number of piperidine rings is 1. The van der Waals surface area contributed by atoms with Gasteiger partial charge >= 0.3 is 12.1 Å². The number of carbonyl (C=O) groups excluding carboxylic acids is 2. The average Bonchev–Trinajstić information content (AvgIpc) is 2.81. The molecule has 2 aliphatic heterocycles. The third kappa shape index (κ3) is 3.37. The highest BCUT2D eigenvalue weighted by molar-refractivity contribution is 6.19. The van der Waals surface area contributed by atoms with Gasteiger partial charge in [0.1, 0.15) is 5.60 Å². The normalized spacial score (nSPS) is 24.7. The van der Waals surface area contributed by atoms with Gasteiger partial charge in [-0.3, -0.25) is 4.90 Å². The van der Waals surface area contributed by atoms with Gasteiger partial charge in [-0.1, -0.05) is 19.1 Å². The molecule has 130 valence electrons. The minimum absolute atomic E-state index is 0.0855. The van der Waals surface area contributed by atoms with Crippen molar-refractivity contribution < 1.29 is 14.3 Å². The molecule has 0 aromatic rings. The molecule has 0 saturated carbocycles. The van der Waals surface area contributed by atoms with Gasteiger partial charge in [0.05, 0.1) is 11.4 Å². The van der Waals surface area contributed by atoms with Gasteiger partial charge in [0.2, 0.25) is 0 Å². The zero-order valence-electron chi connectivity index (χ0n) is 14.8. The van der Waals surface area contributed by atoms with E-state index in [0.717, 1.165) is 24.3 Å². The number of likely N-dealkylation sites (tertiary alicyclic amines) is 1. The fourth-order valence-corrected chi connectivity index (χ4v) is 3.26. The van der Waals surface area contributed by atoms with Crippen LogP contribution in [0, 0.1) is 5.92 Å². The third-order valence-corrected chi connectivity index (χ3v) is 4.40. The number of hydrogen-bond donors (Lipinski definition) is 0. The second-order valence-corrected chi connectivity index (χ2v) is 7.62. The Morgan fingerprint density at radius 3 is 2.58 bits per heavy atom. The van der Waals surface area contributed by atoms with Crippen LogP contribution in [0.25, 0.3) is 0 Å². The number of nitrogens with zero attached hydrogens (tertiary/aromatic N) is 3. The molecular formula is C18H25N3O3. The third-order valence-electron chi connectivity index (χ3n) is 4.40. The maximum Gasteiger partial charge on any atom is 0.410 e. The molecule has 24 heavy (non-hydrogen) atoms. The summed E-state index contributed by atoms with van der Waals surface area (Å²) in [5, 5.41) is 0. The molecule has 1 saturated heterocycles. The monoisotopic (exact) mass is 331 g/mol. The minimum atomic E-state index is -0.489. The van der Waals surface area contributed by atoms with Gasteiger partial charge in [-0.2, -0.15) is 4.99 Å². The van der Waals surface area contributed by atoms with Crippen LogP contribution < -0.4 is 0 Å². The van der Waals surface area contributed by atoms with Crippen LogP contribution in [0.1, 0.15) is 40.5 Å². The number of rotatable bonds is 1. The fraction of sp³-hybridized carbons (Fsp3) is 0.611. The van der Waals surface area contributed by atoms with Crippen molar-refractivity contribution in [2.75, 3.05) is 13.1 Å². The van der Waals surface area contributed by atoms with Crippen LogP contribution in [0.5, 0.6) is 0 Å². The second-order valence-electron chi connectivity index (χ2n) is 7.62. The molecule has 3 rings (SSSR count). The smallest absolute Gasteiger partial charge is 0.410 e. The molecule has 3 aliphatic rings. The van der Waals surface area contributed by atoms with E-state index in [1.165, 1.54) is 0 Å². The first-order chi connectivity index (χ1) is 11.2. The Morgan fingerprint density at radius 1 is 1.29 bits per heavy atom. The van der Waals surface area contributed by atoms with E-state index < -0.39 is 5.60 Å². The molecule has 0 aromatic carbocycles. The van der Waals surface area contributed by atoms with Crippen LogP contribution in [0.3, 0.4) is 0 Å². The quantitative estimate of drug-likeness (QED) is 0.740. The van der Waals surface area contributed by atoms with Crippen molar-refractivity contribution in [2.45, 2.75) is 52.2 Å². The molecule has 0 bridgehead atoms. The zero-order valence-corrected chi connectivity index (χ0v) is 14.8. The lowest BCUT2D eigenvalue weighted by Gasteiger charge is -2.37. The molecule has 0 N–H and O–H groups in total. The summed E-state index contributed by atoms with van der Waals surface area (Å²) in [6, 6.07) is -0.104. The molecule has 0 radical (unpaired) electrons. The van der Waals surface area contributed by atoms with Crippen LogP contribution in [0.15, 0.2) is 28.9 Å². The van der Waals surface area contributed by atoms with Gasteiger partial charge in [-0.05, 0) is 45.6 Å². The van der Waals surface area contributed by atoms with E-state index >= 15 is 0 Å². The molecular weight excluding hydrogens is 306 g/mol. The number of urea groups is 1. The summed E-state index contributed by atoms with van der Waals surface area (Å²) < 4.78 is 5.42. The Kier molecular flexibility index (Phi) is 4.24. The van der Waals surface area contributed by atoms with Crippen molar-refractivity contribution >= 4 is 17.8 Å². The summed E-state index contributed by atoms with van der Waals surface area (Å²) >= 11 is 0. The van der Waals surface area contributed by atoms with Gasteiger partial charge in [0, 0.05) is 19.1 Å². The first-order valence-corrected chi connectivity index (χ1v) is 8.55.